The van der Waals surface area contributed by atoms with Crippen molar-refractivity contribution in [2.75, 3.05) is 18.0 Å². The summed E-state index contributed by atoms with van der Waals surface area (Å²) in [5.74, 6) is 0.386. The van der Waals surface area contributed by atoms with Crippen LogP contribution in [0.2, 0.25) is 0 Å². The highest BCUT2D eigenvalue weighted by Crippen LogP contribution is 2.30. The van der Waals surface area contributed by atoms with Gasteiger partial charge in [-0.2, -0.15) is 0 Å². The molecule has 0 radical (unpaired) electrons. The van der Waals surface area contributed by atoms with Crippen LogP contribution >= 0.6 is 15.9 Å². The van der Waals surface area contributed by atoms with Crippen LogP contribution < -0.4 is 10.2 Å². The van der Waals surface area contributed by atoms with Gasteiger partial charge in [-0.3, -0.25) is 0 Å². The third kappa shape index (κ3) is 4.70. The van der Waals surface area contributed by atoms with Gasteiger partial charge in [-0.15, -0.1) is 0 Å². The third-order valence-corrected chi connectivity index (χ3v) is 4.59. The minimum atomic E-state index is -0.221. The fourth-order valence-electron chi connectivity index (χ4n) is 2.76. The number of aliphatic hydroxyl groups is 1. The first-order valence-corrected chi connectivity index (χ1v) is 8.52. The molecular weight excluding hydrogens is 328 g/mol. The molecule has 0 aromatic heterocycles. The van der Waals surface area contributed by atoms with Crippen molar-refractivity contribution < 1.29 is 5.11 Å². The van der Waals surface area contributed by atoms with Crippen LogP contribution in [0.5, 0.6) is 0 Å². The predicted molar refractivity (Wildman–Crippen MR) is 92.7 cm³/mol. The molecule has 1 aromatic carbocycles. The summed E-state index contributed by atoms with van der Waals surface area (Å²) in [4.78, 5) is 2.41. The van der Waals surface area contributed by atoms with E-state index in [0.29, 0.717) is 5.92 Å². The summed E-state index contributed by atoms with van der Waals surface area (Å²) in [6, 6.07) is 6.49. The van der Waals surface area contributed by atoms with Gasteiger partial charge in [0, 0.05) is 41.3 Å². The Morgan fingerprint density at radius 1 is 1.43 bits per heavy atom. The summed E-state index contributed by atoms with van der Waals surface area (Å²) in [6.45, 7) is 11.3. The number of rotatable bonds is 4. The summed E-state index contributed by atoms with van der Waals surface area (Å²) in [5, 5.41) is 13.4. The third-order valence-electron chi connectivity index (χ3n) is 4.10. The van der Waals surface area contributed by atoms with E-state index in [1.54, 1.807) is 0 Å². The van der Waals surface area contributed by atoms with Gasteiger partial charge in [0.15, 0.2) is 0 Å². The van der Waals surface area contributed by atoms with Crippen LogP contribution in [0.3, 0.4) is 0 Å². The zero-order valence-corrected chi connectivity index (χ0v) is 15.1. The van der Waals surface area contributed by atoms with Gasteiger partial charge in [0.05, 0.1) is 6.10 Å². The molecule has 21 heavy (non-hydrogen) atoms. The van der Waals surface area contributed by atoms with Gasteiger partial charge in [-0.1, -0.05) is 15.9 Å². The van der Waals surface area contributed by atoms with Crippen molar-refractivity contribution in [2.45, 2.75) is 52.3 Å². The number of nitrogens with one attached hydrogen (secondary N) is 1. The highest BCUT2D eigenvalue weighted by atomic mass is 79.9. The standard InChI is InChI=1S/C17H27BrN2O/c1-12(21)13-7-8-20(11-13)16-6-5-15(18)9-14(16)10-19-17(2,3)4/h5-6,9,12-13,19,21H,7-8,10-11H2,1-4H3. The van der Waals surface area contributed by atoms with Gasteiger partial charge >= 0.3 is 0 Å². The van der Waals surface area contributed by atoms with Crippen LogP contribution in [0, 0.1) is 5.92 Å². The van der Waals surface area contributed by atoms with Gasteiger partial charge in [-0.25, -0.2) is 0 Å². The molecular formula is C17H27BrN2O. The van der Waals surface area contributed by atoms with Crippen LogP contribution in [-0.4, -0.2) is 29.8 Å². The predicted octanol–water partition coefficient (Wildman–Crippen LogP) is 3.54. The molecule has 1 aromatic rings. The van der Waals surface area contributed by atoms with Crippen LogP contribution in [0.4, 0.5) is 5.69 Å². The Hall–Kier alpha value is -0.580. The van der Waals surface area contributed by atoms with E-state index in [0.717, 1.165) is 30.5 Å². The van der Waals surface area contributed by atoms with Crippen molar-refractivity contribution in [3.8, 4) is 0 Å². The number of anilines is 1. The molecule has 2 N–H and O–H groups in total. The van der Waals surface area contributed by atoms with E-state index in [4.69, 9.17) is 0 Å². The van der Waals surface area contributed by atoms with Crippen molar-refractivity contribution >= 4 is 21.6 Å². The van der Waals surface area contributed by atoms with E-state index in [2.05, 4.69) is 65.1 Å². The van der Waals surface area contributed by atoms with Crippen molar-refractivity contribution in [1.82, 2.24) is 5.32 Å². The maximum absolute atomic E-state index is 9.79. The molecule has 0 spiro atoms. The lowest BCUT2D eigenvalue weighted by atomic mass is 10.0. The van der Waals surface area contributed by atoms with E-state index in [-0.39, 0.29) is 11.6 Å². The lowest BCUT2D eigenvalue weighted by molar-refractivity contribution is 0.136. The molecule has 0 amide bonds. The Balaban J connectivity index is 2.15. The van der Waals surface area contributed by atoms with Crippen molar-refractivity contribution in [3.63, 3.8) is 0 Å². The Morgan fingerprint density at radius 3 is 2.71 bits per heavy atom. The van der Waals surface area contributed by atoms with E-state index in [1.165, 1.54) is 11.3 Å². The van der Waals surface area contributed by atoms with Gasteiger partial charge in [0.1, 0.15) is 0 Å². The lowest BCUT2D eigenvalue weighted by Crippen LogP contribution is -2.35. The fraction of sp³-hybridized carbons (Fsp3) is 0.647. The van der Waals surface area contributed by atoms with Crippen molar-refractivity contribution in [2.24, 2.45) is 5.92 Å². The monoisotopic (exact) mass is 354 g/mol. The molecule has 2 rings (SSSR count). The van der Waals surface area contributed by atoms with E-state index >= 15 is 0 Å². The number of halogens is 1. The van der Waals surface area contributed by atoms with E-state index in [9.17, 15) is 5.11 Å². The number of nitrogens with zero attached hydrogens (tertiary/aromatic N) is 1. The molecule has 2 atom stereocenters. The zero-order valence-electron chi connectivity index (χ0n) is 13.5. The van der Waals surface area contributed by atoms with E-state index in [1.807, 2.05) is 6.92 Å². The molecule has 1 fully saturated rings. The quantitative estimate of drug-likeness (QED) is 0.867. The van der Waals surface area contributed by atoms with Crippen molar-refractivity contribution in [3.05, 3.63) is 28.2 Å². The Morgan fingerprint density at radius 2 is 2.14 bits per heavy atom. The molecule has 118 valence electrons. The Kier molecular flexibility index (Phi) is 5.33. The lowest BCUT2D eigenvalue weighted by Gasteiger charge is -2.26. The van der Waals surface area contributed by atoms with Crippen LogP contribution in [0.15, 0.2) is 22.7 Å². The van der Waals surface area contributed by atoms with Crippen molar-refractivity contribution in [1.29, 1.82) is 0 Å². The highest BCUT2D eigenvalue weighted by molar-refractivity contribution is 9.10. The summed E-state index contributed by atoms with van der Waals surface area (Å²) < 4.78 is 1.11. The zero-order chi connectivity index (χ0) is 15.6. The first-order chi connectivity index (χ1) is 9.76. The van der Waals surface area contributed by atoms with E-state index < -0.39 is 0 Å². The maximum atomic E-state index is 9.79. The molecule has 0 bridgehead atoms. The first kappa shape index (κ1) is 16.8. The molecule has 1 aliphatic rings. The van der Waals surface area contributed by atoms with Gasteiger partial charge in [0.25, 0.3) is 0 Å². The maximum Gasteiger partial charge on any atom is 0.0557 e. The van der Waals surface area contributed by atoms with Crippen LogP contribution in [-0.2, 0) is 6.54 Å². The summed E-state index contributed by atoms with van der Waals surface area (Å²) in [5.41, 5.74) is 2.70. The average molecular weight is 355 g/mol. The summed E-state index contributed by atoms with van der Waals surface area (Å²) >= 11 is 3.57. The number of benzene rings is 1. The van der Waals surface area contributed by atoms with Crippen LogP contribution in [0.25, 0.3) is 0 Å². The molecule has 1 heterocycles. The fourth-order valence-corrected chi connectivity index (χ4v) is 3.17. The largest absolute Gasteiger partial charge is 0.393 e. The van der Waals surface area contributed by atoms with Gasteiger partial charge < -0.3 is 15.3 Å². The first-order valence-electron chi connectivity index (χ1n) is 7.73. The van der Waals surface area contributed by atoms with Crippen LogP contribution in [0.1, 0.15) is 39.7 Å². The normalized spacial score (nSPS) is 20.9. The number of hydrogen-bond donors (Lipinski definition) is 2. The smallest absolute Gasteiger partial charge is 0.0557 e. The molecule has 0 aliphatic carbocycles. The second-order valence-corrected chi connectivity index (χ2v) is 8.03. The highest BCUT2D eigenvalue weighted by Gasteiger charge is 2.27. The minimum Gasteiger partial charge on any atom is -0.393 e. The molecule has 1 aliphatic heterocycles. The minimum absolute atomic E-state index is 0.104. The second-order valence-electron chi connectivity index (χ2n) is 7.11. The van der Waals surface area contributed by atoms with Gasteiger partial charge in [-0.05, 0) is 57.9 Å². The molecule has 3 nitrogen and oxygen atoms in total. The Labute approximate surface area is 136 Å². The average Bonchev–Trinajstić information content (AvgIpc) is 2.85. The topological polar surface area (TPSA) is 35.5 Å². The Bertz CT molecular complexity index is 482. The number of hydrogen-bond acceptors (Lipinski definition) is 3. The second kappa shape index (κ2) is 6.67. The molecule has 4 heteroatoms. The molecule has 2 unspecified atom stereocenters. The SMILES string of the molecule is CC(O)C1CCN(c2ccc(Br)cc2CNC(C)(C)C)C1. The molecule has 1 saturated heterocycles. The summed E-state index contributed by atoms with van der Waals surface area (Å²) in [7, 11) is 0. The number of aliphatic hydroxyl groups excluding tert-OH is 1. The molecule has 0 saturated carbocycles. The summed E-state index contributed by atoms with van der Waals surface area (Å²) in [6.07, 6.45) is 0.849. The van der Waals surface area contributed by atoms with Gasteiger partial charge in [0.2, 0.25) is 0 Å².